The number of Topliss-reactive ketones (excluding diaryl/α,β-unsaturated/α-hetero) is 1. The van der Waals surface area contributed by atoms with Crippen LogP contribution in [0.3, 0.4) is 0 Å². The highest BCUT2D eigenvalue weighted by molar-refractivity contribution is 6.02. The van der Waals surface area contributed by atoms with Crippen LogP contribution in [0.25, 0.3) is 11.1 Å². The number of aryl methyl sites for hydroxylation is 1. The number of oxazole rings is 1. The number of rotatable bonds is 2. The van der Waals surface area contributed by atoms with Crippen molar-refractivity contribution in [2.24, 2.45) is 7.05 Å². The van der Waals surface area contributed by atoms with Crippen LogP contribution in [-0.4, -0.2) is 22.9 Å². The average molecular weight is 246 g/mol. The first-order valence-electron chi connectivity index (χ1n) is 6.04. The lowest BCUT2D eigenvalue weighted by Crippen LogP contribution is -2.30. The quantitative estimate of drug-likeness (QED) is 0.805. The molecule has 94 valence electrons. The van der Waals surface area contributed by atoms with E-state index in [1.807, 2.05) is 0 Å². The molecule has 1 atom stereocenters. The van der Waals surface area contributed by atoms with Crippen LogP contribution >= 0.6 is 0 Å². The van der Waals surface area contributed by atoms with Gasteiger partial charge in [-0.2, -0.15) is 0 Å². The summed E-state index contributed by atoms with van der Waals surface area (Å²) in [5.41, 5.74) is 1.79. The first-order valence-corrected chi connectivity index (χ1v) is 6.04. The molecule has 0 bridgehead atoms. The monoisotopic (exact) mass is 246 g/mol. The van der Waals surface area contributed by atoms with Gasteiger partial charge >= 0.3 is 5.76 Å². The largest absolute Gasteiger partial charge is 0.419 e. The maximum absolute atomic E-state index is 12.2. The van der Waals surface area contributed by atoms with Crippen LogP contribution in [0.5, 0.6) is 0 Å². The van der Waals surface area contributed by atoms with Crippen molar-refractivity contribution < 1.29 is 9.21 Å². The molecule has 3 rings (SSSR count). The molecule has 5 heteroatoms. The van der Waals surface area contributed by atoms with Crippen molar-refractivity contribution in [1.29, 1.82) is 0 Å². The predicted molar refractivity (Wildman–Crippen MR) is 66.8 cm³/mol. The fraction of sp³-hybridized carbons (Fsp3) is 0.385. The van der Waals surface area contributed by atoms with Crippen LogP contribution in [-0.2, 0) is 7.05 Å². The first kappa shape index (κ1) is 11.2. The third-order valence-corrected chi connectivity index (χ3v) is 3.45. The second kappa shape index (κ2) is 4.10. The molecular weight excluding hydrogens is 232 g/mol. The maximum atomic E-state index is 12.2. The van der Waals surface area contributed by atoms with E-state index in [1.165, 1.54) is 4.57 Å². The molecule has 2 heterocycles. The molecule has 1 unspecified atom stereocenters. The lowest BCUT2D eigenvalue weighted by atomic mass is 10.0. The summed E-state index contributed by atoms with van der Waals surface area (Å²) in [7, 11) is 1.64. The number of hydrogen-bond donors (Lipinski definition) is 1. The van der Waals surface area contributed by atoms with E-state index in [-0.39, 0.29) is 11.8 Å². The molecule has 0 spiro atoms. The summed E-state index contributed by atoms with van der Waals surface area (Å²) in [6.07, 6.45) is 1.91. The van der Waals surface area contributed by atoms with Crippen LogP contribution in [0.15, 0.2) is 27.4 Å². The molecule has 0 radical (unpaired) electrons. The van der Waals surface area contributed by atoms with Gasteiger partial charge in [-0.1, -0.05) is 0 Å². The van der Waals surface area contributed by atoms with Crippen LogP contribution in [0.2, 0.25) is 0 Å². The van der Waals surface area contributed by atoms with Crippen molar-refractivity contribution >= 4 is 16.9 Å². The third kappa shape index (κ3) is 1.67. The molecule has 1 N–H and O–H groups in total. The summed E-state index contributed by atoms with van der Waals surface area (Å²) in [4.78, 5) is 23.6. The number of aromatic nitrogens is 1. The van der Waals surface area contributed by atoms with Gasteiger partial charge in [0.25, 0.3) is 0 Å². The van der Waals surface area contributed by atoms with Crippen molar-refractivity contribution in [1.82, 2.24) is 9.88 Å². The lowest BCUT2D eigenvalue weighted by molar-refractivity contribution is 0.0952. The van der Waals surface area contributed by atoms with E-state index in [0.717, 1.165) is 19.4 Å². The lowest BCUT2D eigenvalue weighted by Gasteiger charge is -2.08. The van der Waals surface area contributed by atoms with E-state index < -0.39 is 5.76 Å². The minimum absolute atomic E-state index is 0.0862. The van der Waals surface area contributed by atoms with E-state index >= 15 is 0 Å². The van der Waals surface area contributed by atoms with Crippen LogP contribution in [0, 0.1) is 0 Å². The number of nitrogens with one attached hydrogen (secondary N) is 1. The van der Waals surface area contributed by atoms with Gasteiger partial charge in [0.15, 0.2) is 11.4 Å². The van der Waals surface area contributed by atoms with Crippen LogP contribution in [0.4, 0.5) is 0 Å². The van der Waals surface area contributed by atoms with Crippen LogP contribution < -0.4 is 11.1 Å². The molecule has 0 aliphatic carbocycles. The number of hydrogen-bond acceptors (Lipinski definition) is 4. The molecule has 1 fully saturated rings. The number of carbonyl (C=O) groups excluding carboxylic acids is 1. The Morgan fingerprint density at radius 3 is 3.06 bits per heavy atom. The molecule has 1 aliphatic rings. The molecule has 5 nitrogen and oxygen atoms in total. The zero-order chi connectivity index (χ0) is 12.7. The predicted octanol–water partition coefficient (Wildman–Crippen LogP) is 1.07. The zero-order valence-corrected chi connectivity index (χ0v) is 10.1. The third-order valence-electron chi connectivity index (χ3n) is 3.45. The highest BCUT2D eigenvalue weighted by Gasteiger charge is 2.23. The zero-order valence-electron chi connectivity index (χ0n) is 10.1. The average Bonchev–Trinajstić information content (AvgIpc) is 2.99. The summed E-state index contributed by atoms with van der Waals surface area (Å²) in [5.74, 6) is -0.323. The molecule has 1 aromatic carbocycles. The van der Waals surface area contributed by atoms with Crippen molar-refractivity contribution in [3.05, 3.63) is 34.3 Å². The Bertz CT molecular complexity index is 662. The summed E-state index contributed by atoms with van der Waals surface area (Å²) >= 11 is 0. The summed E-state index contributed by atoms with van der Waals surface area (Å²) in [6, 6.07) is 5.03. The van der Waals surface area contributed by atoms with E-state index in [4.69, 9.17) is 4.42 Å². The maximum Gasteiger partial charge on any atom is 0.419 e. The first-order chi connectivity index (χ1) is 8.66. The highest BCUT2D eigenvalue weighted by atomic mass is 16.4. The fourth-order valence-corrected chi connectivity index (χ4v) is 2.39. The minimum atomic E-state index is -0.409. The number of fused-ring (bicyclic) bond motifs is 1. The molecular formula is C13H14N2O3. The van der Waals surface area contributed by atoms with Gasteiger partial charge in [-0.3, -0.25) is 9.36 Å². The van der Waals surface area contributed by atoms with Gasteiger partial charge in [-0.05, 0) is 37.6 Å². The fourth-order valence-electron chi connectivity index (χ4n) is 2.39. The number of carbonyl (C=O) groups is 1. The molecule has 0 saturated carbocycles. The SMILES string of the molecule is Cn1c(=O)oc2ccc(C(=O)C3CCCN3)cc21. The summed E-state index contributed by atoms with van der Waals surface area (Å²) in [6.45, 7) is 0.892. The normalized spacial score (nSPS) is 19.5. The van der Waals surface area contributed by atoms with Crippen molar-refractivity contribution in [2.45, 2.75) is 18.9 Å². The molecule has 1 saturated heterocycles. The molecule has 2 aromatic rings. The van der Waals surface area contributed by atoms with Crippen molar-refractivity contribution in [2.75, 3.05) is 6.54 Å². The highest BCUT2D eigenvalue weighted by Crippen LogP contribution is 2.18. The van der Waals surface area contributed by atoms with Crippen molar-refractivity contribution in [3.63, 3.8) is 0 Å². The Morgan fingerprint density at radius 1 is 1.50 bits per heavy atom. The molecule has 1 aliphatic heterocycles. The van der Waals surface area contributed by atoms with Gasteiger partial charge in [0, 0.05) is 12.6 Å². The molecule has 1 aromatic heterocycles. The van der Waals surface area contributed by atoms with E-state index in [2.05, 4.69) is 5.32 Å². The van der Waals surface area contributed by atoms with Gasteiger partial charge in [0.2, 0.25) is 0 Å². The Morgan fingerprint density at radius 2 is 2.33 bits per heavy atom. The second-order valence-electron chi connectivity index (χ2n) is 4.62. The Balaban J connectivity index is 2.04. The summed E-state index contributed by atoms with van der Waals surface area (Å²) < 4.78 is 6.45. The van der Waals surface area contributed by atoms with E-state index in [1.54, 1.807) is 25.2 Å². The number of benzene rings is 1. The van der Waals surface area contributed by atoms with Gasteiger partial charge in [0.05, 0.1) is 11.6 Å². The van der Waals surface area contributed by atoms with Gasteiger partial charge in [0.1, 0.15) is 0 Å². The van der Waals surface area contributed by atoms with Crippen molar-refractivity contribution in [3.8, 4) is 0 Å². The topological polar surface area (TPSA) is 64.2 Å². The number of ketones is 1. The van der Waals surface area contributed by atoms with Crippen LogP contribution in [0.1, 0.15) is 23.2 Å². The second-order valence-corrected chi connectivity index (χ2v) is 4.62. The minimum Gasteiger partial charge on any atom is -0.408 e. The summed E-state index contributed by atoms with van der Waals surface area (Å²) in [5, 5.41) is 3.18. The number of nitrogens with zero attached hydrogens (tertiary/aromatic N) is 1. The standard InChI is InChI=1S/C13H14N2O3/c1-15-10-7-8(4-5-11(10)18-13(15)17)12(16)9-3-2-6-14-9/h4-5,7,9,14H,2-3,6H2,1H3. The smallest absolute Gasteiger partial charge is 0.408 e. The Kier molecular flexibility index (Phi) is 2.56. The molecule has 18 heavy (non-hydrogen) atoms. The van der Waals surface area contributed by atoms with Gasteiger partial charge < -0.3 is 9.73 Å². The van der Waals surface area contributed by atoms with Gasteiger partial charge in [-0.25, -0.2) is 4.79 Å². The molecule has 0 amide bonds. The Hall–Kier alpha value is -1.88. The van der Waals surface area contributed by atoms with E-state index in [0.29, 0.717) is 16.7 Å². The Labute approximate surface area is 103 Å². The van der Waals surface area contributed by atoms with E-state index in [9.17, 15) is 9.59 Å². The van der Waals surface area contributed by atoms with Gasteiger partial charge in [-0.15, -0.1) is 0 Å².